The van der Waals surface area contributed by atoms with Gasteiger partial charge < -0.3 is 19.4 Å². The Hall–Kier alpha value is -2.50. The summed E-state index contributed by atoms with van der Waals surface area (Å²) in [5, 5.41) is 0.917. The molecular weight excluding hydrogens is 320 g/mol. The van der Waals surface area contributed by atoms with Gasteiger partial charge in [-0.3, -0.25) is 4.79 Å². The number of nitrogens with one attached hydrogen (secondary N) is 1. The van der Waals surface area contributed by atoms with Gasteiger partial charge >= 0.3 is 5.97 Å². The highest BCUT2D eigenvalue weighted by atomic mass is 16.6. The normalized spacial score (nSPS) is 19.0. The number of fused-ring (bicyclic) bond motifs is 1. The number of hydrogen-bond donors (Lipinski definition) is 1. The van der Waals surface area contributed by atoms with Crippen LogP contribution in [0.3, 0.4) is 0 Å². The topological polar surface area (TPSA) is 71.6 Å². The van der Waals surface area contributed by atoms with Crippen molar-refractivity contribution >= 4 is 22.8 Å². The smallest absolute Gasteiger partial charge is 0.329 e. The van der Waals surface area contributed by atoms with Crippen molar-refractivity contribution in [2.24, 2.45) is 0 Å². The van der Waals surface area contributed by atoms with Crippen LogP contribution >= 0.6 is 0 Å². The third-order valence-corrected chi connectivity index (χ3v) is 4.59. The van der Waals surface area contributed by atoms with Gasteiger partial charge in [0.1, 0.15) is 17.4 Å². The number of nitrogens with zero attached hydrogens (tertiary/aromatic N) is 1. The predicted octanol–water partition coefficient (Wildman–Crippen LogP) is 2.66. The average Bonchev–Trinajstić information content (AvgIpc) is 3.07. The lowest BCUT2D eigenvalue weighted by Gasteiger charge is -2.22. The molecule has 1 N–H and O–H groups in total. The second-order valence-corrected chi connectivity index (χ2v) is 7.01. The van der Waals surface area contributed by atoms with Crippen LogP contribution in [0.25, 0.3) is 10.9 Å². The minimum Gasteiger partial charge on any atom is -0.493 e. The van der Waals surface area contributed by atoms with E-state index in [1.165, 1.54) is 4.90 Å². The number of carbonyl (C=O) groups is 2. The Morgan fingerprint density at radius 1 is 1.44 bits per heavy atom. The molecule has 1 saturated heterocycles. The first-order chi connectivity index (χ1) is 11.8. The Morgan fingerprint density at radius 2 is 2.20 bits per heavy atom. The van der Waals surface area contributed by atoms with Gasteiger partial charge in [-0.2, -0.15) is 0 Å². The van der Waals surface area contributed by atoms with E-state index in [0.29, 0.717) is 13.0 Å². The van der Waals surface area contributed by atoms with Gasteiger partial charge in [-0.25, -0.2) is 4.79 Å². The van der Waals surface area contributed by atoms with Gasteiger partial charge in [-0.05, 0) is 38.5 Å². The number of esters is 1. The van der Waals surface area contributed by atoms with Crippen LogP contribution < -0.4 is 4.74 Å². The van der Waals surface area contributed by atoms with Crippen molar-refractivity contribution in [1.29, 1.82) is 0 Å². The fourth-order valence-electron chi connectivity index (χ4n) is 3.32. The van der Waals surface area contributed by atoms with Crippen LogP contribution in [0.15, 0.2) is 24.4 Å². The third-order valence-electron chi connectivity index (χ3n) is 4.59. The van der Waals surface area contributed by atoms with Crippen molar-refractivity contribution in [2.45, 2.75) is 45.3 Å². The molecule has 1 amide bonds. The van der Waals surface area contributed by atoms with E-state index in [2.05, 4.69) is 4.98 Å². The molecular formula is C19H24N2O4. The van der Waals surface area contributed by atoms with E-state index in [-0.39, 0.29) is 18.3 Å². The maximum atomic E-state index is 12.7. The van der Waals surface area contributed by atoms with E-state index in [4.69, 9.17) is 9.47 Å². The van der Waals surface area contributed by atoms with Crippen molar-refractivity contribution < 1.29 is 19.1 Å². The molecule has 25 heavy (non-hydrogen) atoms. The number of aromatic nitrogens is 1. The largest absolute Gasteiger partial charge is 0.493 e. The number of carbonyl (C=O) groups excluding carboxylic acids is 2. The number of hydrogen-bond acceptors (Lipinski definition) is 4. The maximum Gasteiger partial charge on any atom is 0.329 e. The summed E-state index contributed by atoms with van der Waals surface area (Å²) in [5.74, 6) is 0.301. The Labute approximate surface area is 147 Å². The first kappa shape index (κ1) is 17.3. The minimum absolute atomic E-state index is 0.119. The number of likely N-dealkylation sites (N-methyl/N-ethyl adjacent to an activating group) is 1. The maximum absolute atomic E-state index is 12.7. The molecule has 0 aliphatic carbocycles. The quantitative estimate of drug-likeness (QED) is 0.847. The summed E-state index contributed by atoms with van der Waals surface area (Å²) < 4.78 is 11.0. The van der Waals surface area contributed by atoms with Crippen molar-refractivity contribution in [3.05, 3.63) is 30.0 Å². The fraction of sp³-hybridized carbons (Fsp3) is 0.474. The first-order valence-corrected chi connectivity index (χ1v) is 8.52. The number of cyclic esters (lactones) is 1. The van der Waals surface area contributed by atoms with Crippen LogP contribution in [0.2, 0.25) is 0 Å². The number of H-pyrrole nitrogens is 1. The van der Waals surface area contributed by atoms with E-state index in [1.807, 2.05) is 45.2 Å². The molecule has 0 spiro atoms. The molecule has 1 fully saturated rings. The van der Waals surface area contributed by atoms with Gasteiger partial charge in [0.25, 0.3) is 0 Å². The summed E-state index contributed by atoms with van der Waals surface area (Å²) >= 11 is 0. The number of aromatic amines is 1. The van der Waals surface area contributed by atoms with Crippen molar-refractivity contribution in [2.75, 3.05) is 13.7 Å². The lowest BCUT2D eigenvalue weighted by atomic mass is 10.0. The second-order valence-electron chi connectivity index (χ2n) is 7.01. The van der Waals surface area contributed by atoms with Crippen LogP contribution in [0, 0.1) is 0 Å². The van der Waals surface area contributed by atoms with E-state index < -0.39 is 11.6 Å². The zero-order chi connectivity index (χ0) is 18.2. The highest BCUT2D eigenvalue weighted by Gasteiger charge is 2.43. The Morgan fingerprint density at radius 3 is 2.84 bits per heavy atom. The average molecular weight is 344 g/mol. The molecule has 2 heterocycles. The van der Waals surface area contributed by atoms with Crippen molar-refractivity contribution in [3.8, 4) is 5.75 Å². The van der Waals surface area contributed by atoms with Crippen LogP contribution in [0.4, 0.5) is 0 Å². The molecule has 0 unspecified atom stereocenters. The molecule has 1 aromatic carbocycles. The standard InChI is InChI=1S/C19H24N2O4/c1-5-24-15-8-6-7-13-17(15)12(11-20-13)9-16(22)21(4)14-10-19(2,3)25-18(14)23/h6-8,11,14,20H,5,9-10H2,1-4H3/t14-/m1/s1. The molecule has 1 aliphatic heterocycles. The highest BCUT2D eigenvalue weighted by Crippen LogP contribution is 2.31. The zero-order valence-corrected chi connectivity index (χ0v) is 15.1. The lowest BCUT2D eigenvalue weighted by molar-refractivity contribution is -0.151. The van der Waals surface area contributed by atoms with Crippen molar-refractivity contribution in [1.82, 2.24) is 9.88 Å². The number of ether oxygens (including phenoxy) is 2. The van der Waals surface area contributed by atoms with Gasteiger partial charge in [-0.1, -0.05) is 6.07 Å². The summed E-state index contributed by atoms with van der Waals surface area (Å²) in [7, 11) is 1.66. The summed E-state index contributed by atoms with van der Waals surface area (Å²) in [6, 6.07) is 5.23. The molecule has 134 valence electrons. The van der Waals surface area contributed by atoms with E-state index in [0.717, 1.165) is 22.2 Å². The van der Waals surface area contributed by atoms with E-state index in [9.17, 15) is 9.59 Å². The molecule has 1 aliphatic rings. The molecule has 6 nitrogen and oxygen atoms in total. The Kier molecular flexibility index (Phi) is 4.45. The SMILES string of the molecule is CCOc1cccc2[nH]cc(CC(=O)N(C)[C@@H]3CC(C)(C)OC3=O)c12. The van der Waals surface area contributed by atoms with Crippen LogP contribution in [0.5, 0.6) is 5.75 Å². The number of amides is 1. The molecule has 0 radical (unpaired) electrons. The number of benzene rings is 1. The molecule has 1 aromatic heterocycles. The van der Waals surface area contributed by atoms with Gasteiger partial charge in [0.2, 0.25) is 5.91 Å². The predicted molar refractivity (Wildman–Crippen MR) is 94.5 cm³/mol. The minimum atomic E-state index is -0.529. The first-order valence-electron chi connectivity index (χ1n) is 8.52. The molecule has 0 saturated carbocycles. The van der Waals surface area contributed by atoms with Gasteiger partial charge in [0.05, 0.1) is 13.0 Å². The Balaban J connectivity index is 1.81. The molecule has 2 aromatic rings. The zero-order valence-electron chi connectivity index (χ0n) is 15.1. The fourth-order valence-corrected chi connectivity index (χ4v) is 3.32. The molecule has 3 rings (SSSR count). The van der Waals surface area contributed by atoms with Gasteiger partial charge in [-0.15, -0.1) is 0 Å². The molecule has 0 bridgehead atoms. The summed E-state index contributed by atoms with van der Waals surface area (Å²) in [5.41, 5.74) is 1.26. The Bertz CT molecular complexity index is 809. The monoisotopic (exact) mass is 344 g/mol. The highest BCUT2D eigenvalue weighted by molar-refractivity contribution is 5.94. The third kappa shape index (κ3) is 3.34. The van der Waals surface area contributed by atoms with Crippen molar-refractivity contribution in [3.63, 3.8) is 0 Å². The summed E-state index contributed by atoms with van der Waals surface area (Å²) in [6.45, 7) is 6.20. The van der Waals surface area contributed by atoms with Crippen LogP contribution in [-0.2, 0) is 20.7 Å². The van der Waals surface area contributed by atoms with E-state index in [1.54, 1.807) is 7.05 Å². The lowest BCUT2D eigenvalue weighted by Crippen LogP contribution is -2.41. The van der Waals surface area contributed by atoms with Gasteiger partial charge in [0, 0.05) is 30.6 Å². The summed E-state index contributed by atoms with van der Waals surface area (Å²) in [6.07, 6.45) is 2.53. The van der Waals surface area contributed by atoms with Gasteiger partial charge in [0.15, 0.2) is 0 Å². The second kappa shape index (κ2) is 6.43. The van der Waals surface area contributed by atoms with E-state index >= 15 is 0 Å². The molecule has 6 heteroatoms. The summed E-state index contributed by atoms with van der Waals surface area (Å²) in [4.78, 5) is 29.5. The van der Waals surface area contributed by atoms with Crippen LogP contribution in [0.1, 0.15) is 32.8 Å². The number of rotatable bonds is 5. The molecule has 1 atom stereocenters. The van der Waals surface area contributed by atoms with Crippen LogP contribution in [-0.4, -0.2) is 47.1 Å².